The quantitative estimate of drug-likeness (QED) is 0.184. The van der Waals surface area contributed by atoms with Crippen LogP contribution in [0.3, 0.4) is 0 Å². The topological polar surface area (TPSA) is 43.9 Å². The van der Waals surface area contributed by atoms with Gasteiger partial charge in [-0.15, -0.1) is 0 Å². The second kappa shape index (κ2) is 11.0. The molecule has 3 heterocycles. The fourth-order valence-corrected chi connectivity index (χ4v) is 9.36. The van der Waals surface area contributed by atoms with Crippen molar-refractivity contribution in [3.63, 3.8) is 0 Å². The summed E-state index contributed by atoms with van der Waals surface area (Å²) in [6.07, 6.45) is 0. The van der Waals surface area contributed by atoms with Gasteiger partial charge in [-0.25, -0.2) is 9.97 Å². The fourth-order valence-electron chi connectivity index (χ4n) is 9.36. The van der Waals surface area contributed by atoms with Gasteiger partial charge in [-0.1, -0.05) is 123 Å². The zero-order chi connectivity index (χ0) is 36.4. The highest BCUT2D eigenvalue weighted by atomic mass is 16.3. The summed E-state index contributed by atoms with van der Waals surface area (Å²) in [4.78, 5) is 10.4. The van der Waals surface area contributed by atoms with E-state index in [0.717, 1.165) is 66.6 Å². The zero-order valence-electron chi connectivity index (χ0n) is 30.3. The molecule has 0 unspecified atom stereocenters. The highest BCUT2D eigenvalue weighted by Gasteiger charge is 2.37. The van der Waals surface area contributed by atoms with Gasteiger partial charge in [0.15, 0.2) is 5.82 Å². The van der Waals surface area contributed by atoms with Gasteiger partial charge in [0.2, 0.25) is 0 Å². The Labute approximate surface area is 316 Å². The maximum Gasteiger partial charge on any atom is 0.161 e. The van der Waals surface area contributed by atoms with Gasteiger partial charge in [-0.2, -0.15) is 0 Å². The maximum atomic E-state index is 6.39. The van der Waals surface area contributed by atoms with E-state index in [2.05, 4.69) is 164 Å². The van der Waals surface area contributed by atoms with Crippen LogP contribution in [0, 0.1) is 0 Å². The van der Waals surface area contributed by atoms with E-state index in [4.69, 9.17) is 14.4 Å². The molecule has 0 amide bonds. The molecule has 11 aromatic rings. The van der Waals surface area contributed by atoms with Crippen LogP contribution in [0.2, 0.25) is 0 Å². The van der Waals surface area contributed by atoms with Gasteiger partial charge in [0.25, 0.3) is 0 Å². The number of furan rings is 1. The lowest BCUT2D eigenvalue weighted by Gasteiger charge is -2.22. The Kier molecular flexibility index (Phi) is 6.09. The first-order valence-corrected chi connectivity index (χ1v) is 18.9. The predicted octanol–water partition coefficient (Wildman–Crippen LogP) is 13.4. The van der Waals surface area contributed by atoms with Crippen molar-refractivity contribution in [2.75, 3.05) is 0 Å². The molecule has 1 aliphatic rings. The molecule has 0 fully saturated rings. The summed E-state index contributed by atoms with van der Waals surface area (Å²) < 4.78 is 8.85. The van der Waals surface area contributed by atoms with Crippen molar-refractivity contribution in [3.05, 3.63) is 175 Å². The van der Waals surface area contributed by atoms with Crippen molar-refractivity contribution >= 4 is 65.4 Å². The molecule has 12 rings (SSSR count). The van der Waals surface area contributed by atoms with Crippen LogP contribution in [0.4, 0.5) is 0 Å². The smallest absolute Gasteiger partial charge is 0.161 e. The van der Waals surface area contributed by atoms with Crippen LogP contribution in [0.5, 0.6) is 0 Å². The van der Waals surface area contributed by atoms with Crippen LogP contribution in [-0.4, -0.2) is 14.5 Å². The van der Waals surface area contributed by atoms with E-state index in [9.17, 15) is 0 Å². The standard InChI is InChI=1S/C51H33N3O/c1-51(2)41-28-46-39(26-37(41)38-27-40-34-19-10-13-23-47(34)55-48(40)29-42(38)51)33-18-9-12-22-44(33)54(46)45-25-24-35(31-16-6-7-17-32(31)45)50-52-43-21-11-8-20-36(43)49(53-50)30-14-4-3-5-15-30/h3-29H,1-2H3. The zero-order valence-corrected chi connectivity index (χ0v) is 30.3. The number of fused-ring (bicyclic) bond motifs is 11. The monoisotopic (exact) mass is 703 g/mol. The Morgan fingerprint density at radius 3 is 1.95 bits per heavy atom. The number of nitrogens with zero attached hydrogens (tertiary/aromatic N) is 3. The minimum Gasteiger partial charge on any atom is -0.456 e. The first-order chi connectivity index (χ1) is 27.0. The van der Waals surface area contributed by atoms with E-state index in [1.807, 2.05) is 18.2 Å². The molecule has 4 heteroatoms. The lowest BCUT2D eigenvalue weighted by molar-refractivity contribution is 0.647. The molecule has 0 bridgehead atoms. The number of benzene rings is 8. The van der Waals surface area contributed by atoms with Gasteiger partial charge in [0.05, 0.1) is 27.9 Å². The molecular formula is C51H33N3O. The van der Waals surface area contributed by atoms with Gasteiger partial charge in [-0.3, -0.25) is 0 Å². The number of rotatable bonds is 3. The SMILES string of the molecule is CC1(C)c2cc3oc4ccccc4c3cc2-c2cc3c4ccccc4n(-c4ccc(-c5nc(-c6ccccc6)c6ccccc6n5)c5ccccc45)c3cc21. The summed E-state index contributed by atoms with van der Waals surface area (Å²) in [6, 6.07) is 58.6. The number of hydrogen-bond donors (Lipinski definition) is 0. The lowest BCUT2D eigenvalue weighted by atomic mass is 9.82. The van der Waals surface area contributed by atoms with Crippen molar-refractivity contribution in [3.8, 4) is 39.5 Å². The summed E-state index contributed by atoms with van der Waals surface area (Å²) in [5, 5.41) is 8.11. The van der Waals surface area contributed by atoms with Crippen LogP contribution in [0.25, 0.3) is 105 Å². The Morgan fingerprint density at radius 2 is 1.11 bits per heavy atom. The summed E-state index contributed by atoms with van der Waals surface area (Å²) in [6.45, 7) is 4.70. The van der Waals surface area contributed by atoms with Crippen molar-refractivity contribution in [1.29, 1.82) is 0 Å². The van der Waals surface area contributed by atoms with E-state index < -0.39 is 0 Å². The predicted molar refractivity (Wildman–Crippen MR) is 227 cm³/mol. The molecular weight excluding hydrogens is 671 g/mol. The number of aromatic nitrogens is 3. The van der Waals surface area contributed by atoms with Crippen molar-refractivity contribution in [2.24, 2.45) is 0 Å². The summed E-state index contributed by atoms with van der Waals surface area (Å²) in [5.41, 5.74) is 14.3. The lowest BCUT2D eigenvalue weighted by Crippen LogP contribution is -2.15. The molecule has 0 saturated heterocycles. The second-order valence-electron chi connectivity index (χ2n) is 15.3. The number of para-hydroxylation sites is 3. The fraction of sp³-hybridized carbons (Fsp3) is 0.0588. The third kappa shape index (κ3) is 4.22. The second-order valence-corrected chi connectivity index (χ2v) is 15.3. The number of hydrogen-bond acceptors (Lipinski definition) is 3. The van der Waals surface area contributed by atoms with Crippen molar-refractivity contribution in [1.82, 2.24) is 14.5 Å². The van der Waals surface area contributed by atoms with Crippen LogP contribution in [-0.2, 0) is 5.41 Å². The molecule has 0 N–H and O–H groups in total. The van der Waals surface area contributed by atoms with Crippen LogP contribution in [0.15, 0.2) is 168 Å². The van der Waals surface area contributed by atoms with Gasteiger partial charge < -0.3 is 8.98 Å². The highest BCUT2D eigenvalue weighted by Crippen LogP contribution is 2.53. The molecule has 0 saturated carbocycles. The first kappa shape index (κ1) is 30.4. The molecule has 4 nitrogen and oxygen atoms in total. The van der Waals surface area contributed by atoms with E-state index >= 15 is 0 Å². The molecule has 258 valence electrons. The Balaban J connectivity index is 1.10. The summed E-state index contributed by atoms with van der Waals surface area (Å²) in [5.74, 6) is 0.721. The molecule has 1 aliphatic carbocycles. The average Bonchev–Trinajstić information content (AvgIpc) is 3.83. The molecule has 8 aromatic carbocycles. The summed E-state index contributed by atoms with van der Waals surface area (Å²) >= 11 is 0. The molecule has 3 aromatic heterocycles. The maximum absolute atomic E-state index is 6.39. The van der Waals surface area contributed by atoms with E-state index in [0.29, 0.717) is 0 Å². The first-order valence-electron chi connectivity index (χ1n) is 18.9. The third-order valence-electron chi connectivity index (χ3n) is 12.0. The molecule has 0 aliphatic heterocycles. The molecule has 55 heavy (non-hydrogen) atoms. The van der Waals surface area contributed by atoms with Gasteiger partial charge in [0.1, 0.15) is 11.2 Å². The summed E-state index contributed by atoms with van der Waals surface area (Å²) in [7, 11) is 0. The van der Waals surface area contributed by atoms with Crippen molar-refractivity contribution in [2.45, 2.75) is 19.3 Å². The molecule has 0 spiro atoms. The Hall–Kier alpha value is -7.04. The largest absolute Gasteiger partial charge is 0.456 e. The van der Waals surface area contributed by atoms with E-state index in [1.165, 1.54) is 49.4 Å². The minimum absolute atomic E-state index is 0.219. The van der Waals surface area contributed by atoms with E-state index in [1.54, 1.807) is 0 Å². The molecule has 0 atom stereocenters. The average molecular weight is 704 g/mol. The third-order valence-corrected chi connectivity index (χ3v) is 12.0. The van der Waals surface area contributed by atoms with Crippen LogP contribution < -0.4 is 0 Å². The van der Waals surface area contributed by atoms with Gasteiger partial charge in [-0.05, 0) is 82.2 Å². The van der Waals surface area contributed by atoms with Crippen LogP contribution >= 0.6 is 0 Å². The van der Waals surface area contributed by atoms with Gasteiger partial charge in [0, 0.05) is 48.9 Å². The normalized spacial score (nSPS) is 13.4. The Bertz CT molecular complexity index is 3400. The minimum atomic E-state index is -0.219. The van der Waals surface area contributed by atoms with Crippen molar-refractivity contribution < 1.29 is 4.42 Å². The van der Waals surface area contributed by atoms with Gasteiger partial charge >= 0.3 is 0 Å². The van der Waals surface area contributed by atoms with Crippen LogP contribution in [0.1, 0.15) is 25.0 Å². The Morgan fingerprint density at radius 1 is 0.455 bits per heavy atom. The molecule has 0 radical (unpaired) electrons. The highest BCUT2D eigenvalue weighted by molar-refractivity contribution is 6.14. The van der Waals surface area contributed by atoms with E-state index in [-0.39, 0.29) is 5.41 Å².